The van der Waals surface area contributed by atoms with E-state index in [1.807, 2.05) is 0 Å². The molecule has 0 spiro atoms. The normalized spacial score (nSPS) is 14.6. The number of hydrogen-bond donors (Lipinski definition) is 0. The van der Waals surface area contributed by atoms with Gasteiger partial charge >= 0.3 is 0 Å². The number of fused-ring (bicyclic) bond motifs is 5. The molecule has 1 unspecified atom stereocenters. The first-order chi connectivity index (χ1) is 28.0. The van der Waals surface area contributed by atoms with Crippen LogP contribution < -0.4 is 0 Å². The zero-order chi connectivity index (χ0) is 38.5. The molecule has 57 heavy (non-hydrogen) atoms. The summed E-state index contributed by atoms with van der Waals surface area (Å²) in [7, 11) is 0. The van der Waals surface area contributed by atoms with Crippen molar-refractivity contribution in [2.45, 2.75) is 39.0 Å². The third-order valence-corrected chi connectivity index (χ3v) is 12.7. The lowest BCUT2D eigenvalue weighted by Crippen LogP contribution is -2.31. The largest absolute Gasteiger partial charge is 0.0653 e. The molecule has 10 rings (SSSR count). The molecule has 0 saturated heterocycles. The molecule has 1 atom stereocenters. The average molecular weight is 731 g/mol. The molecule has 0 bridgehead atoms. The Morgan fingerprint density at radius 3 is 1.26 bits per heavy atom. The van der Waals surface area contributed by atoms with E-state index in [-0.39, 0.29) is 5.41 Å². The lowest BCUT2D eigenvalue weighted by molar-refractivity contribution is 0.349. The molecule has 0 fully saturated rings. The van der Waals surface area contributed by atoms with Crippen molar-refractivity contribution in [2.24, 2.45) is 5.92 Å². The highest BCUT2D eigenvalue weighted by molar-refractivity contribution is 6.21. The fraction of sp³-hybridized carbons (Fsp3) is 0.123. The van der Waals surface area contributed by atoms with Gasteiger partial charge in [0.05, 0.1) is 0 Å². The van der Waals surface area contributed by atoms with Crippen molar-refractivity contribution >= 4 is 21.5 Å². The Bertz CT molecular complexity index is 2800. The Morgan fingerprint density at radius 1 is 0.351 bits per heavy atom. The minimum atomic E-state index is -0.00749. The highest BCUT2D eigenvalue weighted by Crippen LogP contribution is 2.56. The molecule has 274 valence electrons. The maximum Gasteiger partial charge on any atom is 0.0238 e. The second-order valence-electron chi connectivity index (χ2n) is 16.1. The van der Waals surface area contributed by atoms with Crippen molar-refractivity contribution in [1.29, 1.82) is 0 Å². The number of rotatable bonds is 8. The van der Waals surface area contributed by atoms with Crippen molar-refractivity contribution < 1.29 is 0 Å². The molecule has 0 amide bonds. The molecule has 1 aliphatic rings. The van der Waals surface area contributed by atoms with E-state index in [2.05, 4.69) is 215 Å². The van der Waals surface area contributed by atoms with Crippen LogP contribution >= 0.6 is 0 Å². The molecule has 9 aromatic carbocycles. The first kappa shape index (κ1) is 35.0. The topological polar surface area (TPSA) is 0 Å². The Labute approximate surface area is 337 Å². The molecular formula is C57H46. The van der Waals surface area contributed by atoms with Crippen molar-refractivity contribution in [3.8, 4) is 66.8 Å². The molecule has 0 aromatic heterocycles. The van der Waals surface area contributed by atoms with Crippen LogP contribution in [0.4, 0.5) is 0 Å². The molecule has 0 radical (unpaired) electrons. The predicted molar refractivity (Wildman–Crippen MR) is 245 cm³/mol. The van der Waals surface area contributed by atoms with E-state index >= 15 is 0 Å². The molecule has 1 aliphatic carbocycles. The summed E-state index contributed by atoms with van der Waals surface area (Å²) in [5, 5.41) is 5.14. The maximum absolute atomic E-state index is 2.56. The van der Waals surface area contributed by atoms with Gasteiger partial charge in [-0.3, -0.25) is 0 Å². The van der Waals surface area contributed by atoms with E-state index in [1.54, 1.807) is 0 Å². The molecule has 0 nitrogen and oxygen atoms in total. The van der Waals surface area contributed by atoms with E-state index in [0.717, 1.165) is 12.8 Å². The van der Waals surface area contributed by atoms with Gasteiger partial charge in [0.25, 0.3) is 0 Å². The average Bonchev–Trinajstić information content (AvgIpc) is 3.56. The molecule has 9 aromatic rings. The van der Waals surface area contributed by atoms with E-state index in [4.69, 9.17) is 0 Å². The maximum atomic E-state index is 2.56. The summed E-state index contributed by atoms with van der Waals surface area (Å²) >= 11 is 0. The van der Waals surface area contributed by atoms with Gasteiger partial charge in [0.2, 0.25) is 0 Å². The molecule has 0 heteroatoms. The summed E-state index contributed by atoms with van der Waals surface area (Å²) in [5.74, 6) is 0.472. The summed E-state index contributed by atoms with van der Waals surface area (Å²) in [6, 6.07) is 72.3. The van der Waals surface area contributed by atoms with Crippen LogP contribution in [0.25, 0.3) is 88.3 Å². The molecule has 0 aliphatic heterocycles. The SMILES string of the molecule is CCCC1(C(C)C)c2ccccc2-c2ccc(-c3c4ccccc4c(-c4ccc(-c5cc(-c6ccccc6)cc(-c6ccccc6)c5)cc4)c4ccccc34)cc21. The first-order valence-electron chi connectivity index (χ1n) is 20.6. The van der Waals surface area contributed by atoms with E-state index < -0.39 is 0 Å². The third-order valence-electron chi connectivity index (χ3n) is 12.7. The molecule has 0 saturated carbocycles. The van der Waals surface area contributed by atoms with E-state index in [1.165, 1.54) is 99.4 Å². The fourth-order valence-electron chi connectivity index (χ4n) is 10.1. The van der Waals surface area contributed by atoms with Crippen LogP contribution in [-0.2, 0) is 5.41 Å². The van der Waals surface area contributed by atoms with E-state index in [0.29, 0.717) is 5.92 Å². The summed E-state index contributed by atoms with van der Waals surface area (Å²) in [6.45, 7) is 7.17. The lowest BCUT2D eigenvalue weighted by Gasteiger charge is -2.36. The number of hydrogen-bond acceptors (Lipinski definition) is 0. The van der Waals surface area contributed by atoms with Crippen LogP contribution in [0.1, 0.15) is 44.7 Å². The van der Waals surface area contributed by atoms with Gasteiger partial charge in [-0.1, -0.05) is 197 Å². The first-order valence-corrected chi connectivity index (χ1v) is 20.6. The van der Waals surface area contributed by atoms with Gasteiger partial charge in [0.15, 0.2) is 0 Å². The predicted octanol–water partition coefficient (Wildman–Crippen LogP) is 16.1. The van der Waals surface area contributed by atoms with Gasteiger partial charge in [-0.25, -0.2) is 0 Å². The van der Waals surface area contributed by atoms with Gasteiger partial charge < -0.3 is 0 Å². The van der Waals surface area contributed by atoms with Gasteiger partial charge in [-0.2, -0.15) is 0 Å². The second kappa shape index (κ2) is 14.2. The van der Waals surface area contributed by atoms with Crippen LogP contribution in [0.15, 0.2) is 194 Å². The lowest BCUT2D eigenvalue weighted by atomic mass is 9.66. The Balaban J connectivity index is 1.13. The Morgan fingerprint density at radius 2 is 0.754 bits per heavy atom. The van der Waals surface area contributed by atoms with Crippen molar-refractivity contribution in [1.82, 2.24) is 0 Å². The highest BCUT2D eigenvalue weighted by Gasteiger charge is 2.44. The fourth-order valence-corrected chi connectivity index (χ4v) is 10.1. The van der Waals surface area contributed by atoms with Crippen molar-refractivity contribution in [2.75, 3.05) is 0 Å². The minimum absolute atomic E-state index is 0.00749. The molecular weight excluding hydrogens is 685 g/mol. The third kappa shape index (κ3) is 5.74. The van der Waals surface area contributed by atoms with Crippen LogP contribution in [0.2, 0.25) is 0 Å². The van der Waals surface area contributed by atoms with Crippen LogP contribution in [-0.4, -0.2) is 0 Å². The second-order valence-corrected chi connectivity index (χ2v) is 16.1. The van der Waals surface area contributed by atoms with Crippen molar-refractivity contribution in [3.05, 3.63) is 205 Å². The van der Waals surface area contributed by atoms with Crippen LogP contribution in [0.3, 0.4) is 0 Å². The smallest absolute Gasteiger partial charge is 0.0238 e. The molecule has 0 heterocycles. The summed E-state index contributed by atoms with van der Waals surface area (Å²) in [6.07, 6.45) is 2.28. The summed E-state index contributed by atoms with van der Waals surface area (Å²) in [4.78, 5) is 0. The van der Waals surface area contributed by atoms with Crippen LogP contribution in [0.5, 0.6) is 0 Å². The van der Waals surface area contributed by atoms with Crippen molar-refractivity contribution in [3.63, 3.8) is 0 Å². The summed E-state index contributed by atoms with van der Waals surface area (Å²) < 4.78 is 0. The summed E-state index contributed by atoms with van der Waals surface area (Å²) in [5.41, 5.74) is 18.2. The minimum Gasteiger partial charge on any atom is -0.0653 e. The zero-order valence-corrected chi connectivity index (χ0v) is 33.0. The monoisotopic (exact) mass is 730 g/mol. The number of benzene rings is 9. The van der Waals surface area contributed by atoms with Gasteiger partial charge in [-0.05, 0) is 136 Å². The highest BCUT2D eigenvalue weighted by atomic mass is 14.5. The van der Waals surface area contributed by atoms with Gasteiger partial charge in [0, 0.05) is 5.41 Å². The standard InChI is InChI=1S/C57H46/c1-4-33-57(38(2)3)53-26-16-15-21-47(53)48-32-31-43(37-54(48)57)56-51-24-13-11-22-49(51)55(50-23-12-14-25-52(50)56)42-29-27-41(28-30-42)46-35-44(39-17-7-5-8-18-39)34-45(36-46)40-19-9-6-10-20-40/h5-32,34-38H,4,33H2,1-3H3. The Hall–Kier alpha value is -6.50. The van der Waals surface area contributed by atoms with E-state index in [9.17, 15) is 0 Å². The quantitative estimate of drug-likeness (QED) is 0.137. The van der Waals surface area contributed by atoms with Gasteiger partial charge in [0.1, 0.15) is 0 Å². The molecule has 0 N–H and O–H groups in total. The zero-order valence-electron chi connectivity index (χ0n) is 33.0. The van der Waals surface area contributed by atoms with Gasteiger partial charge in [-0.15, -0.1) is 0 Å². The Kier molecular flexibility index (Phi) is 8.72. The van der Waals surface area contributed by atoms with Crippen LogP contribution in [0, 0.1) is 5.92 Å².